The van der Waals surface area contributed by atoms with Gasteiger partial charge in [-0.3, -0.25) is 0 Å². The molecule has 1 heterocycles. The topological polar surface area (TPSA) is 118 Å². The Morgan fingerprint density at radius 3 is 2.67 bits per heavy atom. The minimum absolute atomic E-state index is 0.0761. The molecular weight excluding hydrogens is 274 g/mol. The molecule has 0 aliphatic carbocycles. The maximum absolute atomic E-state index is 11.7. The molecule has 21 heavy (non-hydrogen) atoms. The smallest absolute Gasteiger partial charge is 0.339 e. The molecule has 2 rings (SSSR count). The van der Waals surface area contributed by atoms with Crippen molar-refractivity contribution in [3.05, 3.63) is 47.4 Å². The van der Waals surface area contributed by atoms with Crippen LogP contribution in [0.25, 0.3) is 0 Å². The summed E-state index contributed by atoms with van der Waals surface area (Å²) in [5, 5.41) is 14.1. The first-order chi connectivity index (χ1) is 9.97. The van der Waals surface area contributed by atoms with Gasteiger partial charge in [-0.1, -0.05) is 12.1 Å². The average molecular weight is 289 g/mol. The summed E-state index contributed by atoms with van der Waals surface area (Å²) in [6.45, 7) is 1.63. The van der Waals surface area contributed by atoms with Crippen LogP contribution in [0.5, 0.6) is 0 Å². The summed E-state index contributed by atoms with van der Waals surface area (Å²) in [5.41, 5.74) is 6.74. The second kappa shape index (κ2) is 6.00. The number of carboxylic acid groups (broad SMARTS) is 1. The Balaban J connectivity index is 1.94. The van der Waals surface area contributed by atoms with E-state index in [0.29, 0.717) is 22.9 Å². The van der Waals surface area contributed by atoms with Crippen molar-refractivity contribution in [2.24, 2.45) is 0 Å². The Morgan fingerprint density at radius 1 is 1.33 bits per heavy atom. The molecule has 2 amide bonds. The highest BCUT2D eigenvalue weighted by Gasteiger charge is 2.14. The molecule has 7 nitrogen and oxygen atoms in total. The van der Waals surface area contributed by atoms with Crippen LogP contribution in [0.4, 0.5) is 16.2 Å². The molecule has 0 aliphatic rings. The number of carbonyl (C=O) groups excluding carboxylic acids is 1. The van der Waals surface area contributed by atoms with Crippen LogP contribution < -0.4 is 16.4 Å². The summed E-state index contributed by atoms with van der Waals surface area (Å²) < 4.78 is 5.25. The van der Waals surface area contributed by atoms with Gasteiger partial charge in [0.15, 0.2) is 0 Å². The summed E-state index contributed by atoms with van der Waals surface area (Å²) >= 11 is 0. The number of aryl methyl sites for hydroxylation is 1. The summed E-state index contributed by atoms with van der Waals surface area (Å²) in [6.07, 6.45) is 0. The fraction of sp³-hybridized carbons (Fsp3) is 0.143. The largest absolute Gasteiger partial charge is 0.478 e. The van der Waals surface area contributed by atoms with E-state index in [2.05, 4.69) is 10.6 Å². The molecule has 0 saturated carbocycles. The standard InChI is InChI=1S/C14H15N3O4/c1-8-10(13(18)19)6-9(21-8)7-16-14(20)17-12-5-3-2-4-11(12)15/h2-6H,7,15H2,1H3,(H,18,19)(H2,16,17,20). The second-order valence-electron chi connectivity index (χ2n) is 4.38. The Morgan fingerprint density at radius 2 is 2.05 bits per heavy atom. The number of aromatic carboxylic acids is 1. The van der Waals surface area contributed by atoms with E-state index in [9.17, 15) is 9.59 Å². The zero-order chi connectivity index (χ0) is 15.4. The van der Waals surface area contributed by atoms with Gasteiger partial charge >= 0.3 is 12.0 Å². The molecule has 5 N–H and O–H groups in total. The van der Waals surface area contributed by atoms with E-state index in [4.69, 9.17) is 15.3 Å². The molecule has 7 heteroatoms. The van der Waals surface area contributed by atoms with Crippen molar-refractivity contribution in [2.75, 3.05) is 11.1 Å². The van der Waals surface area contributed by atoms with Crippen molar-refractivity contribution in [3.63, 3.8) is 0 Å². The number of amides is 2. The normalized spacial score (nSPS) is 10.1. The number of carbonyl (C=O) groups is 2. The van der Waals surface area contributed by atoms with E-state index in [1.807, 2.05) is 0 Å². The molecule has 0 spiro atoms. The van der Waals surface area contributed by atoms with Crippen molar-refractivity contribution in [2.45, 2.75) is 13.5 Å². The van der Waals surface area contributed by atoms with Crippen LogP contribution in [-0.4, -0.2) is 17.1 Å². The zero-order valence-corrected chi connectivity index (χ0v) is 11.3. The average Bonchev–Trinajstić information content (AvgIpc) is 2.80. The van der Waals surface area contributed by atoms with Gasteiger partial charge < -0.3 is 25.9 Å². The highest BCUT2D eigenvalue weighted by atomic mass is 16.4. The van der Waals surface area contributed by atoms with Crippen molar-refractivity contribution in [1.29, 1.82) is 0 Å². The minimum atomic E-state index is -1.07. The van der Waals surface area contributed by atoms with Crippen LogP contribution in [0.1, 0.15) is 21.9 Å². The monoisotopic (exact) mass is 289 g/mol. The molecule has 0 atom stereocenters. The molecular formula is C14H15N3O4. The van der Waals surface area contributed by atoms with Gasteiger partial charge in [0.05, 0.1) is 17.9 Å². The number of benzene rings is 1. The van der Waals surface area contributed by atoms with E-state index < -0.39 is 12.0 Å². The van der Waals surface area contributed by atoms with Gasteiger partial charge in [0.2, 0.25) is 0 Å². The lowest BCUT2D eigenvalue weighted by Gasteiger charge is -2.08. The molecule has 0 bridgehead atoms. The number of hydrogen-bond acceptors (Lipinski definition) is 4. The Kier molecular flexibility index (Phi) is 4.13. The lowest BCUT2D eigenvalue weighted by Crippen LogP contribution is -2.28. The van der Waals surface area contributed by atoms with Crippen molar-refractivity contribution in [3.8, 4) is 0 Å². The van der Waals surface area contributed by atoms with E-state index in [-0.39, 0.29) is 12.1 Å². The maximum atomic E-state index is 11.7. The highest BCUT2D eigenvalue weighted by molar-refractivity contribution is 5.92. The highest BCUT2D eigenvalue weighted by Crippen LogP contribution is 2.17. The third kappa shape index (κ3) is 3.53. The molecule has 0 unspecified atom stereocenters. The van der Waals surface area contributed by atoms with E-state index in [1.54, 1.807) is 31.2 Å². The van der Waals surface area contributed by atoms with Gasteiger partial charge in [-0.25, -0.2) is 9.59 Å². The number of furan rings is 1. The van der Waals surface area contributed by atoms with Crippen LogP contribution >= 0.6 is 0 Å². The molecule has 1 aromatic heterocycles. The van der Waals surface area contributed by atoms with Crippen molar-refractivity contribution < 1.29 is 19.1 Å². The number of nitrogens with two attached hydrogens (primary N) is 1. The fourth-order valence-electron chi connectivity index (χ4n) is 1.79. The number of nitrogens with one attached hydrogen (secondary N) is 2. The summed E-state index contributed by atoms with van der Waals surface area (Å²) in [6, 6.07) is 7.78. The van der Waals surface area contributed by atoms with Crippen LogP contribution in [0.2, 0.25) is 0 Å². The number of rotatable bonds is 4. The molecule has 0 aliphatic heterocycles. The molecule has 0 saturated heterocycles. The lowest BCUT2D eigenvalue weighted by molar-refractivity contribution is 0.0695. The number of para-hydroxylation sites is 2. The quantitative estimate of drug-likeness (QED) is 0.643. The number of hydrogen-bond donors (Lipinski definition) is 4. The summed E-state index contributed by atoms with van der Waals surface area (Å²) in [7, 11) is 0. The number of urea groups is 1. The van der Waals surface area contributed by atoms with Crippen molar-refractivity contribution in [1.82, 2.24) is 5.32 Å². The first kappa shape index (κ1) is 14.4. The summed E-state index contributed by atoms with van der Waals surface area (Å²) in [5.74, 6) is -0.405. The zero-order valence-electron chi connectivity index (χ0n) is 11.3. The number of anilines is 2. The predicted octanol–water partition coefficient (Wildman–Crippen LogP) is 2.19. The van der Waals surface area contributed by atoms with Gasteiger partial charge in [-0.05, 0) is 25.1 Å². The third-order valence-corrected chi connectivity index (χ3v) is 2.83. The van der Waals surface area contributed by atoms with Crippen molar-refractivity contribution >= 4 is 23.4 Å². The Hall–Kier alpha value is -2.96. The van der Waals surface area contributed by atoms with Crippen LogP contribution in [0.3, 0.4) is 0 Å². The van der Waals surface area contributed by atoms with Gasteiger partial charge in [0.25, 0.3) is 0 Å². The second-order valence-corrected chi connectivity index (χ2v) is 4.38. The van der Waals surface area contributed by atoms with Gasteiger partial charge in [-0.15, -0.1) is 0 Å². The van der Waals surface area contributed by atoms with Gasteiger partial charge in [-0.2, -0.15) is 0 Å². The SMILES string of the molecule is Cc1oc(CNC(=O)Nc2ccccc2N)cc1C(=O)O. The van der Waals surface area contributed by atoms with Gasteiger partial charge in [0.1, 0.15) is 17.1 Å². The summed E-state index contributed by atoms with van der Waals surface area (Å²) in [4.78, 5) is 22.6. The van der Waals surface area contributed by atoms with Gasteiger partial charge in [0, 0.05) is 0 Å². The molecule has 0 fully saturated rings. The number of carboxylic acids is 1. The van der Waals surface area contributed by atoms with E-state index in [0.717, 1.165) is 0 Å². The first-order valence-electron chi connectivity index (χ1n) is 6.19. The molecule has 1 aromatic carbocycles. The lowest BCUT2D eigenvalue weighted by atomic mass is 10.2. The minimum Gasteiger partial charge on any atom is -0.478 e. The molecule has 0 radical (unpaired) electrons. The fourth-order valence-corrected chi connectivity index (χ4v) is 1.79. The molecule has 110 valence electrons. The first-order valence-corrected chi connectivity index (χ1v) is 6.19. The van der Waals surface area contributed by atoms with Crippen LogP contribution in [-0.2, 0) is 6.54 Å². The van der Waals surface area contributed by atoms with E-state index >= 15 is 0 Å². The third-order valence-electron chi connectivity index (χ3n) is 2.83. The predicted molar refractivity (Wildman–Crippen MR) is 77.1 cm³/mol. The van der Waals surface area contributed by atoms with Crippen LogP contribution in [0.15, 0.2) is 34.7 Å². The number of nitrogen functional groups attached to an aromatic ring is 1. The molecule has 2 aromatic rings. The Bertz CT molecular complexity index is 679. The van der Waals surface area contributed by atoms with Crippen LogP contribution in [0, 0.1) is 6.92 Å². The maximum Gasteiger partial charge on any atom is 0.339 e. The Labute approximate surface area is 120 Å². The van der Waals surface area contributed by atoms with E-state index in [1.165, 1.54) is 6.07 Å².